The molecule has 24 heavy (non-hydrogen) atoms. The van der Waals surface area contributed by atoms with Crippen molar-refractivity contribution in [2.75, 3.05) is 0 Å². The summed E-state index contributed by atoms with van der Waals surface area (Å²) in [5, 5.41) is 24.0. The van der Waals surface area contributed by atoms with Gasteiger partial charge in [0.05, 0.1) is 16.2 Å². The predicted molar refractivity (Wildman–Crippen MR) is 87.2 cm³/mol. The molecular formula is C17H12N4O3. The summed E-state index contributed by atoms with van der Waals surface area (Å²) in [7, 11) is 0. The number of non-ortho nitro benzene ring substituents is 1. The average Bonchev–Trinajstić information content (AvgIpc) is 2.99. The van der Waals surface area contributed by atoms with Crippen molar-refractivity contribution in [3.05, 3.63) is 93.2 Å². The molecule has 0 spiro atoms. The maximum Gasteiger partial charge on any atom is 0.270 e. The van der Waals surface area contributed by atoms with Crippen LogP contribution in [0.3, 0.4) is 0 Å². The summed E-state index contributed by atoms with van der Waals surface area (Å²) in [6.07, 6.45) is 3.36. The van der Waals surface area contributed by atoms with Crippen LogP contribution in [-0.4, -0.2) is 24.9 Å². The Labute approximate surface area is 136 Å². The first kappa shape index (κ1) is 14.1. The number of fused-ring (bicyclic) bond motifs is 3. The first-order chi connectivity index (χ1) is 11.6. The lowest BCUT2D eigenvalue weighted by molar-refractivity contribution is -0.475. The summed E-state index contributed by atoms with van der Waals surface area (Å²) in [5.41, 5.74) is 2.27. The van der Waals surface area contributed by atoms with Crippen LogP contribution in [0, 0.1) is 15.3 Å². The van der Waals surface area contributed by atoms with Crippen molar-refractivity contribution in [2.45, 2.75) is 6.54 Å². The van der Waals surface area contributed by atoms with Crippen molar-refractivity contribution >= 4 is 11.4 Å². The number of imidazole rings is 1. The molecule has 0 amide bonds. The van der Waals surface area contributed by atoms with E-state index in [1.807, 2.05) is 30.3 Å². The smallest absolute Gasteiger partial charge is 0.270 e. The third-order valence-electron chi connectivity index (χ3n) is 4.00. The van der Waals surface area contributed by atoms with Gasteiger partial charge in [-0.25, -0.2) is 4.98 Å². The Bertz CT molecular complexity index is 977. The molecule has 0 bridgehead atoms. The summed E-state index contributed by atoms with van der Waals surface area (Å²) < 4.78 is 2.63. The van der Waals surface area contributed by atoms with E-state index in [0.717, 1.165) is 4.74 Å². The number of benzene rings is 2. The lowest BCUT2D eigenvalue weighted by atomic mass is 10.00. The van der Waals surface area contributed by atoms with E-state index in [2.05, 4.69) is 4.98 Å². The fourth-order valence-corrected chi connectivity index (χ4v) is 2.95. The average molecular weight is 320 g/mol. The van der Waals surface area contributed by atoms with Crippen molar-refractivity contribution in [1.29, 1.82) is 0 Å². The van der Waals surface area contributed by atoms with Crippen LogP contribution in [0.2, 0.25) is 0 Å². The molecule has 7 heteroatoms. The van der Waals surface area contributed by atoms with E-state index in [9.17, 15) is 15.3 Å². The molecule has 0 unspecified atom stereocenters. The number of nitrogens with zero attached hydrogens (tertiary/aromatic N) is 4. The zero-order valence-electron chi connectivity index (χ0n) is 12.5. The minimum atomic E-state index is -0.461. The molecule has 3 aromatic rings. The van der Waals surface area contributed by atoms with Crippen molar-refractivity contribution in [2.24, 2.45) is 0 Å². The molecule has 7 nitrogen and oxygen atoms in total. The lowest BCUT2D eigenvalue weighted by Gasteiger charge is -2.10. The SMILES string of the molecule is O=[N+]([O-])c1ccc2c(c1)C(c1ccccc1)=[N+]([O-])Cc1nccn1-2. The van der Waals surface area contributed by atoms with Gasteiger partial charge in [0.1, 0.15) is 0 Å². The Morgan fingerprint density at radius 3 is 2.71 bits per heavy atom. The Hall–Kier alpha value is -3.48. The number of hydrogen-bond donors (Lipinski definition) is 0. The molecule has 118 valence electrons. The Morgan fingerprint density at radius 2 is 1.96 bits per heavy atom. The van der Waals surface area contributed by atoms with E-state index in [1.165, 1.54) is 12.1 Å². The van der Waals surface area contributed by atoms with Crippen molar-refractivity contribution in [1.82, 2.24) is 9.55 Å². The standard InChI is InChI=1S/C17H12N4O3/c22-20-11-16-18-8-9-19(16)15-7-6-13(21(23)24)10-14(15)17(20)12-4-2-1-3-5-12/h1-10H,11H2. The summed E-state index contributed by atoms with van der Waals surface area (Å²) in [6.45, 7) is 0.0692. The van der Waals surface area contributed by atoms with Gasteiger partial charge in [0, 0.05) is 30.1 Å². The van der Waals surface area contributed by atoms with Gasteiger partial charge in [-0.15, -0.1) is 0 Å². The van der Waals surface area contributed by atoms with Crippen molar-refractivity contribution < 1.29 is 9.66 Å². The molecule has 2 aromatic carbocycles. The third-order valence-corrected chi connectivity index (χ3v) is 4.00. The molecule has 1 aliphatic heterocycles. The molecule has 1 aromatic heterocycles. The van der Waals surface area contributed by atoms with Gasteiger partial charge < -0.3 is 5.21 Å². The highest BCUT2D eigenvalue weighted by Gasteiger charge is 2.28. The van der Waals surface area contributed by atoms with Gasteiger partial charge in [0.2, 0.25) is 12.3 Å². The normalized spacial score (nSPS) is 13.2. The van der Waals surface area contributed by atoms with Gasteiger partial charge in [-0.05, 0) is 18.2 Å². The maximum absolute atomic E-state index is 12.8. The van der Waals surface area contributed by atoms with Gasteiger partial charge in [-0.2, -0.15) is 4.74 Å². The van der Waals surface area contributed by atoms with Crippen LogP contribution in [0.25, 0.3) is 5.69 Å². The molecule has 0 aliphatic carbocycles. The van der Waals surface area contributed by atoms with Gasteiger partial charge in [0.15, 0.2) is 5.82 Å². The van der Waals surface area contributed by atoms with Crippen LogP contribution in [0.15, 0.2) is 60.9 Å². The number of aromatic nitrogens is 2. The van der Waals surface area contributed by atoms with E-state index in [-0.39, 0.29) is 12.2 Å². The van der Waals surface area contributed by atoms with Crippen molar-refractivity contribution in [3.63, 3.8) is 0 Å². The lowest BCUT2D eigenvalue weighted by Crippen LogP contribution is -2.17. The zero-order chi connectivity index (χ0) is 16.7. The van der Waals surface area contributed by atoms with Gasteiger partial charge in [-0.3, -0.25) is 14.7 Å². The van der Waals surface area contributed by atoms with Crippen LogP contribution in [0.1, 0.15) is 17.0 Å². The van der Waals surface area contributed by atoms with E-state index < -0.39 is 4.92 Å². The second-order valence-electron chi connectivity index (χ2n) is 5.42. The van der Waals surface area contributed by atoms with E-state index in [0.29, 0.717) is 28.4 Å². The van der Waals surface area contributed by atoms with Crippen LogP contribution in [-0.2, 0) is 6.54 Å². The molecule has 0 N–H and O–H groups in total. The number of hydroxylamine groups is 1. The highest BCUT2D eigenvalue weighted by Crippen LogP contribution is 2.27. The molecule has 0 radical (unpaired) electrons. The monoisotopic (exact) mass is 320 g/mol. The number of nitro benzene ring substituents is 1. The van der Waals surface area contributed by atoms with Gasteiger partial charge in [0.25, 0.3) is 5.69 Å². The van der Waals surface area contributed by atoms with Crippen LogP contribution < -0.4 is 0 Å². The highest BCUT2D eigenvalue weighted by atomic mass is 16.6. The van der Waals surface area contributed by atoms with Crippen LogP contribution in [0.5, 0.6) is 0 Å². The Kier molecular flexibility index (Phi) is 3.13. The largest absolute Gasteiger partial charge is 0.623 e. The van der Waals surface area contributed by atoms with Crippen molar-refractivity contribution in [3.8, 4) is 5.69 Å². The summed E-state index contributed by atoms with van der Waals surface area (Å²) in [5.74, 6) is 0.589. The van der Waals surface area contributed by atoms with Gasteiger partial charge in [-0.1, -0.05) is 18.2 Å². The van der Waals surface area contributed by atoms with Crippen LogP contribution >= 0.6 is 0 Å². The molecular weight excluding hydrogens is 308 g/mol. The predicted octanol–water partition coefficient (Wildman–Crippen LogP) is 2.64. The number of rotatable bonds is 2. The van der Waals surface area contributed by atoms with Gasteiger partial charge >= 0.3 is 0 Å². The summed E-state index contributed by atoms with van der Waals surface area (Å²) in [4.78, 5) is 14.9. The number of nitro groups is 1. The minimum Gasteiger partial charge on any atom is -0.623 e. The fraction of sp³-hybridized carbons (Fsp3) is 0.0588. The van der Waals surface area contributed by atoms with E-state index in [4.69, 9.17) is 0 Å². The second kappa shape index (κ2) is 5.31. The number of hydrogen-bond acceptors (Lipinski definition) is 4. The highest BCUT2D eigenvalue weighted by molar-refractivity contribution is 6.12. The molecule has 0 saturated heterocycles. The molecule has 0 fully saturated rings. The summed E-state index contributed by atoms with van der Waals surface area (Å²) >= 11 is 0. The maximum atomic E-state index is 12.8. The molecule has 4 rings (SSSR count). The Morgan fingerprint density at radius 1 is 1.17 bits per heavy atom. The first-order valence-electron chi connectivity index (χ1n) is 7.33. The quantitative estimate of drug-likeness (QED) is 0.314. The van der Waals surface area contributed by atoms with E-state index >= 15 is 0 Å². The molecule has 2 heterocycles. The third kappa shape index (κ3) is 2.14. The zero-order valence-corrected chi connectivity index (χ0v) is 12.5. The van der Waals surface area contributed by atoms with Crippen LogP contribution in [0.4, 0.5) is 5.69 Å². The topological polar surface area (TPSA) is 87.0 Å². The Balaban J connectivity index is 2.05. The first-order valence-corrected chi connectivity index (χ1v) is 7.33. The minimum absolute atomic E-state index is 0.0563. The fourth-order valence-electron chi connectivity index (χ4n) is 2.95. The summed E-state index contributed by atoms with van der Waals surface area (Å²) in [6, 6.07) is 13.7. The second-order valence-corrected chi connectivity index (χ2v) is 5.42. The van der Waals surface area contributed by atoms with E-state index in [1.54, 1.807) is 23.0 Å². The molecule has 0 atom stereocenters. The molecule has 1 aliphatic rings. The molecule has 0 saturated carbocycles.